The third-order valence-electron chi connectivity index (χ3n) is 9.09. The lowest BCUT2D eigenvalue weighted by Gasteiger charge is -2.34. The molecule has 11 nitrogen and oxygen atoms in total. The topological polar surface area (TPSA) is 135 Å². The van der Waals surface area contributed by atoms with Crippen LogP contribution in [-0.4, -0.2) is 103 Å². The van der Waals surface area contributed by atoms with Gasteiger partial charge in [-0.2, -0.15) is 0 Å². The SMILES string of the molecule is C[C@H](NC(=O)[C@@H]1C[C@@H](F)CN1C(=O)CNC(=O)c1ccc2cc(F)ccc2n1)c1cc(N2CCN(C)CC2)ccc1/C=C/C1CC1.O=CO. The third kappa shape index (κ3) is 9.17. The van der Waals surface area contributed by atoms with Crippen molar-refractivity contribution in [3.05, 3.63) is 77.2 Å². The number of carbonyl (C=O) groups is 4. The number of likely N-dealkylation sites (tertiary alicyclic amines) is 1. The number of halogens is 2. The Balaban J connectivity index is 0.00000151. The number of carbonyl (C=O) groups excluding carboxylic acids is 3. The first-order valence-electron chi connectivity index (χ1n) is 16.5. The molecule has 3 aromatic rings. The molecular weight excluding hydrogens is 634 g/mol. The average Bonchev–Trinajstić information content (AvgIpc) is 3.84. The largest absolute Gasteiger partial charge is 0.483 e. The summed E-state index contributed by atoms with van der Waals surface area (Å²) in [7, 11) is 2.12. The third-order valence-corrected chi connectivity index (χ3v) is 9.09. The second-order valence-corrected chi connectivity index (χ2v) is 12.7. The standard InChI is InChI=1S/C35H40F2N6O3.CH2O2/c1-22(29-19-28(42-15-13-41(2)14-16-42)10-7-24(29)6-5-23-3-4-23)39-35(46)32-18-27(37)21-43(32)33(44)20-38-34(45)31-11-8-25-17-26(36)9-12-30(25)40-31;2-1-3/h5-12,17,19,22-23,27,32H,3-4,13-16,18,20-21H2,1-2H3,(H,38,45)(H,39,46);1H,(H,2,3)/b6-5+;/t22-,27+,32-;/m0./s1. The van der Waals surface area contributed by atoms with E-state index in [1.165, 1.54) is 42.0 Å². The molecule has 6 rings (SSSR count). The van der Waals surface area contributed by atoms with Crippen molar-refractivity contribution >= 4 is 46.9 Å². The molecule has 3 amide bonds. The summed E-state index contributed by atoms with van der Waals surface area (Å²) in [5.74, 6) is -1.41. The molecule has 0 bridgehead atoms. The molecule has 3 N–H and O–H groups in total. The number of alkyl halides is 1. The Labute approximate surface area is 284 Å². The van der Waals surface area contributed by atoms with Gasteiger partial charge in [-0.1, -0.05) is 24.3 Å². The minimum Gasteiger partial charge on any atom is -0.483 e. The highest BCUT2D eigenvalue weighted by molar-refractivity contribution is 5.97. The van der Waals surface area contributed by atoms with Crippen LogP contribution in [0.15, 0.2) is 54.6 Å². The highest BCUT2D eigenvalue weighted by atomic mass is 19.1. The van der Waals surface area contributed by atoms with Crippen LogP contribution < -0.4 is 15.5 Å². The summed E-state index contributed by atoms with van der Waals surface area (Å²) < 4.78 is 28.2. The van der Waals surface area contributed by atoms with Gasteiger partial charge in [0, 0.05) is 43.7 Å². The van der Waals surface area contributed by atoms with Crippen LogP contribution in [0.2, 0.25) is 0 Å². The molecule has 3 heterocycles. The van der Waals surface area contributed by atoms with Crippen molar-refractivity contribution in [1.82, 2.24) is 25.4 Å². The fourth-order valence-corrected chi connectivity index (χ4v) is 6.15. The summed E-state index contributed by atoms with van der Waals surface area (Å²) >= 11 is 0. The number of fused-ring (bicyclic) bond motifs is 1. The molecule has 2 aliphatic heterocycles. The van der Waals surface area contributed by atoms with Crippen LogP contribution in [0.1, 0.15) is 53.8 Å². The molecule has 1 saturated carbocycles. The summed E-state index contributed by atoms with van der Waals surface area (Å²) in [6.07, 6.45) is 5.25. The Kier molecular flexibility index (Phi) is 11.6. The maximum Gasteiger partial charge on any atom is 0.290 e. The summed E-state index contributed by atoms with van der Waals surface area (Å²) in [6.45, 7) is 4.79. The van der Waals surface area contributed by atoms with Crippen molar-refractivity contribution in [2.24, 2.45) is 5.92 Å². The Morgan fingerprint density at radius 3 is 2.51 bits per heavy atom. The van der Waals surface area contributed by atoms with Gasteiger partial charge in [-0.05, 0) is 80.3 Å². The molecule has 260 valence electrons. The minimum atomic E-state index is -1.36. The molecule has 0 unspecified atom stereocenters. The number of hydrogen-bond acceptors (Lipinski definition) is 7. The van der Waals surface area contributed by atoms with Gasteiger partial charge in [0.2, 0.25) is 11.8 Å². The van der Waals surface area contributed by atoms with E-state index in [0.29, 0.717) is 16.8 Å². The molecule has 3 fully saturated rings. The van der Waals surface area contributed by atoms with Gasteiger partial charge in [0.1, 0.15) is 23.7 Å². The molecule has 0 radical (unpaired) electrons. The van der Waals surface area contributed by atoms with Gasteiger partial charge in [0.25, 0.3) is 12.4 Å². The highest BCUT2D eigenvalue weighted by Crippen LogP contribution is 2.33. The first-order valence-corrected chi connectivity index (χ1v) is 16.5. The fourth-order valence-electron chi connectivity index (χ4n) is 6.15. The van der Waals surface area contributed by atoms with E-state index in [-0.39, 0.29) is 31.2 Å². The molecular formula is C36H42F2N6O5. The van der Waals surface area contributed by atoms with E-state index >= 15 is 0 Å². The predicted molar refractivity (Wildman–Crippen MR) is 182 cm³/mol. The Morgan fingerprint density at radius 2 is 1.80 bits per heavy atom. The highest BCUT2D eigenvalue weighted by Gasteiger charge is 2.40. The maximum absolute atomic E-state index is 14.7. The van der Waals surface area contributed by atoms with Gasteiger partial charge < -0.3 is 30.4 Å². The monoisotopic (exact) mass is 676 g/mol. The zero-order chi connectivity index (χ0) is 35.1. The number of rotatable bonds is 9. The van der Waals surface area contributed by atoms with Crippen molar-refractivity contribution in [2.45, 2.75) is 44.4 Å². The molecule has 49 heavy (non-hydrogen) atoms. The summed E-state index contributed by atoms with van der Waals surface area (Å²) in [6, 6.07) is 12.0. The van der Waals surface area contributed by atoms with E-state index in [1.54, 1.807) is 6.07 Å². The number of amides is 3. The van der Waals surface area contributed by atoms with Gasteiger partial charge in [0.05, 0.1) is 24.6 Å². The second-order valence-electron chi connectivity index (χ2n) is 12.7. The predicted octanol–water partition coefficient (Wildman–Crippen LogP) is 3.80. The normalized spacial score (nSPS) is 20.1. The molecule has 1 aliphatic carbocycles. The van der Waals surface area contributed by atoms with Gasteiger partial charge >= 0.3 is 0 Å². The average molecular weight is 677 g/mol. The van der Waals surface area contributed by atoms with E-state index < -0.39 is 42.3 Å². The fraction of sp³-hybridized carbons (Fsp3) is 0.417. The number of allylic oxidation sites excluding steroid dienone is 1. The summed E-state index contributed by atoms with van der Waals surface area (Å²) in [5, 5.41) is 13.0. The summed E-state index contributed by atoms with van der Waals surface area (Å²) in [4.78, 5) is 58.0. The van der Waals surface area contributed by atoms with Crippen LogP contribution in [0, 0.1) is 11.7 Å². The minimum absolute atomic E-state index is 0.0603. The lowest BCUT2D eigenvalue weighted by atomic mass is 9.98. The Morgan fingerprint density at radius 1 is 1.06 bits per heavy atom. The van der Waals surface area contributed by atoms with Crippen LogP contribution >= 0.6 is 0 Å². The van der Waals surface area contributed by atoms with Crippen molar-refractivity contribution in [2.75, 3.05) is 51.2 Å². The number of carboxylic acid groups (broad SMARTS) is 1. The maximum atomic E-state index is 14.7. The first kappa shape index (κ1) is 35.4. The molecule has 0 spiro atoms. The number of likely N-dealkylation sites (N-methyl/N-ethyl adjacent to an activating group) is 1. The second kappa shape index (κ2) is 16.0. The smallest absolute Gasteiger partial charge is 0.290 e. The molecule has 2 saturated heterocycles. The van der Waals surface area contributed by atoms with E-state index in [9.17, 15) is 23.2 Å². The van der Waals surface area contributed by atoms with Crippen molar-refractivity contribution in [3.63, 3.8) is 0 Å². The van der Waals surface area contributed by atoms with Gasteiger partial charge in [0.15, 0.2) is 0 Å². The first-order chi connectivity index (χ1) is 23.6. The van der Waals surface area contributed by atoms with E-state index in [1.807, 2.05) is 6.92 Å². The van der Waals surface area contributed by atoms with Gasteiger partial charge in [-0.25, -0.2) is 13.8 Å². The van der Waals surface area contributed by atoms with E-state index in [2.05, 4.69) is 62.8 Å². The van der Waals surface area contributed by atoms with Crippen LogP contribution in [0.5, 0.6) is 0 Å². The number of benzene rings is 2. The molecule has 3 aliphatic rings. The number of aromatic nitrogens is 1. The van der Waals surface area contributed by atoms with E-state index in [4.69, 9.17) is 9.90 Å². The quantitative estimate of drug-likeness (QED) is 0.292. The van der Waals surface area contributed by atoms with Crippen LogP contribution in [0.4, 0.5) is 14.5 Å². The van der Waals surface area contributed by atoms with Gasteiger partial charge in [-0.3, -0.25) is 19.2 Å². The zero-order valence-electron chi connectivity index (χ0n) is 27.6. The molecule has 1 aromatic heterocycles. The lowest BCUT2D eigenvalue weighted by molar-refractivity contribution is -0.138. The number of hydrogen-bond donors (Lipinski definition) is 3. The molecule has 3 atom stereocenters. The number of nitrogens with zero attached hydrogens (tertiary/aromatic N) is 4. The van der Waals surface area contributed by atoms with Crippen molar-refractivity contribution in [1.29, 1.82) is 0 Å². The van der Waals surface area contributed by atoms with E-state index in [0.717, 1.165) is 43.0 Å². The molecule has 13 heteroatoms. The Bertz CT molecular complexity index is 1710. The van der Waals surface area contributed by atoms with Crippen LogP contribution in [0.3, 0.4) is 0 Å². The van der Waals surface area contributed by atoms with Crippen molar-refractivity contribution < 1.29 is 33.1 Å². The van der Waals surface area contributed by atoms with Crippen LogP contribution in [0.25, 0.3) is 17.0 Å². The Hall–Kier alpha value is -4.91. The summed E-state index contributed by atoms with van der Waals surface area (Å²) in [5.41, 5.74) is 3.58. The van der Waals surface area contributed by atoms with Crippen LogP contribution in [-0.2, 0) is 14.4 Å². The molecule has 2 aromatic carbocycles. The van der Waals surface area contributed by atoms with Crippen molar-refractivity contribution in [3.8, 4) is 0 Å². The number of piperazine rings is 1. The number of nitrogens with one attached hydrogen (secondary N) is 2. The number of pyridine rings is 1. The lowest BCUT2D eigenvalue weighted by Crippen LogP contribution is -2.49. The van der Waals surface area contributed by atoms with Gasteiger partial charge in [-0.15, -0.1) is 0 Å². The number of anilines is 1. The zero-order valence-corrected chi connectivity index (χ0v) is 27.6.